The third-order valence-corrected chi connectivity index (χ3v) is 2.42. The molecular weight excluding hydrogens is 253 g/mol. The molecule has 0 N–H and O–H groups in total. The molecule has 2 nitrogen and oxygen atoms in total. The maximum absolute atomic E-state index is 5.54. The zero-order valence-electron chi connectivity index (χ0n) is 7.05. The predicted octanol–water partition coefficient (Wildman–Crippen LogP) is 1.53. The topological polar surface area (TPSA) is 12.5 Å². The Morgan fingerprint density at radius 1 is 1.64 bits per heavy atom. The minimum absolute atomic E-state index is 0.431. The Hall–Kier alpha value is 0.650. The highest BCUT2D eigenvalue weighted by Gasteiger charge is 2.13. The second-order valence-electron chi connectivity index (χ2n) is 3.02. The van der Waals surface area contributed by atoms with Gasteiger partial charge in [0.25, 0.3) is 0 Å². The minimum atomic E-state index is 0.431. The van der Waals surface area contributed by atoms with Gasteiger partial charge in [-0.05, 0) is 13.3 Å². The Morgan fingerprint density at radius 3 is 3.18 bits per heavy atom. The van der Waals surface area contributed by atoms with E-state index in [2.05, 4.69) is 34.4 Å². The van der Waals surface area contributed by atoms with Gasteiger partial charge in [0.1, 0.15) is 0 Å². The van der Waals surface area contributed by atoms with Crippen molar-refractivity contribution in [2.24, 2.45) is 0 Å². The summed E-state index contributed by atoms with van der Waals surface area (Å²) in [5.41, 5.74) is 0. The Labute approximate surface area is 82.4 Å². The molecule has 1 heterocycles. The van der Waals surface area contributed by atoms with Crippen molar-refractivity contribution in [1.29, 1.82) is 0 Å². The quantitative estimate of drug-likeness (QED) is 0.557. The Kier molecular flexibility index (Phi) is 4.71. The summed E-state index contributed by atoms with van der Waals surface area (Å²) in [6.07, 6.45) is 1.63. The lowest BCUT2D eigenvalue weighted by molar-refractivity contribution is 0.0687. The third-order valence-electron chi connectivity index (χ3n) is 1.94. The van der Waals surface area contributed by atoms with Crippen molar-refractivity contribution in [3.8, 4) is 0 Å². The van der Waals surface area contributed by atoms with Crippen LogP contribution in [0.25, 0.3) is 0 Å². The number of nitrogens with zero attached hydrogens (tertiary/aromatic N) is 1. The summed E-state index contributed by atoms with van der Waals surface area (Å²) in [4.78, 5) is 2.49. The first-order valence-electron chi connectivity index (χ1n) is 4.23. The standard InChI is InChI=1S/C8H16INO/c1-8-7-10(5-3-9)4-2-6-11-8/h8H,2-7H2,1H3. The van der Waals surface area contributed by atoms with Crippen molar-refractivity contribution < 1.29 is 4.74 Å². The molecule has 0 aliphatic carbocycles. The molecule has 11 heavy (non-hydrogen) atoms. The SMILES string of the molecule is CC1CN(CCI)CCCO1. The van der Waals surface area contributed by atoms with Gasteiger partial charge in [0.05, 0.1) is 6.10 Å². The Bertz CT molecular complexity index is 110. The third kappa shape index (κ3) is 3.71. The monoisotopic (exact) mass is 269 g/mol. The summed E-state index contributed by atoms with van der Waals surface area (Å²) in [5.74, 6) is 0. The van der Waals surface area contributed by atoms with Crippen molar-refractivity contribution in [3.05, 3.63) is 0 Å². The molecule has 1 atom stereocenters. The van der Waals surface area contributed by atoms with Gasteiger partial charge in [-0.2, -0.15) is 0 Å². The van der Waals surface area contributed by atoms with Gasteiger partial charge in [-0.1, -0.05) is 22.6 Å². The van der Waals surface area contributed by atoms with Crippen LogP contribution in [0.15, 0.2) is 0 Å². The van der Waals surface area contributed by atoms with E-state index in [-0.39, 0.29) is 0 Å². The number of hydrogen-bond donors (Lipinski definition) is 0. The smallest absolute Gasteiger partial charge is 0.0673 e. The maximum Gasteiger partial charge on any atom is 0.0673 e. The molecule has 66 valence electrons. The van der Waals surface area contributed by atoms with Crippen LogP contribution in [0.3, 0.4) is 0 Å². The number of ether oxygens (including phenoxy) is 1. The van der Waals surface area contributed by atoms with Crippen LogP contribution in [0.4, 0.5) is 0 Å². The first-order valence-corrected chi connectivity index (χ1v) is 5.75. The average Bonchev–Trinajstić information content (AvgIpc) is 2.15. The maximum atomic E-state index is 5.54. The van der Waals surface area contributed by atoms with Crippen molar-refractivity contribution in [1.82, 2.24) is 4.90 Å². The van der Waals surface area contributed by atoms with E-state index in [9.17, 15) is 0 Å². The molecule has 0 radical (unpaired) electrons. The summed E-state index contributed by atoms with van der Waals surface area (Å²) in [7, 11) is 0. The highest BCUT2D eigenvalue weighted by atomic mass is 127. The second kappa shape index (κ2) is 5.32. The summed E-state index contributed by atoms with van der Waals surface area (Å²) in [5, 5.41) is 0. The lowest BCUT2D eigenvalue weighted by Crippen LogP contribution is -2.31. The van der Waals surface area contributed by atoms with E-state index in [0.29, 0.717) is 6.10 Å². The summed E-state index contributed by atoms with van der Waals surface area (Å²) < 4.78 is 6.76. The molecule has 1 saturated heterocycles. The van der Waals surface area contributed by atoms with Crippen LogP contribution in [-0.4, -0.2) is 41.7 Å². The molecule has 0 aromatic heterocycles. The van der Waals surface area contributed by atoms with Crippen LogP contribution in [0.1, 0.15) is 13.3 Å². The molecule has 0 aromatic carbocycles. The molecule has 1 rings (SSSR count). The molecule has 0 amide bonds. The van der Waals surface area contributed by atoms with Crippen molar-refractivity contribution in [3.63, 3.8) is 0 Å². The van der Waals surface area contributed by atoms with E-state index in [0.717, 1.165) is 13.2 Å². The highest BCUT2D eigenvalue weighted by molar-refractivity contribution is 14.1. The van der Waals surface area contributed by atoms with Crippen molar-refractivity contribution in [2.45, 2.75) is 19.4 Å². The second-order valence-corrected chi connectivity index (χ2v) is 4.10. The molecule has 3 heteroatoms. The van der Waals surface area contributed by atoms with E-state index in [4.69, 9.17) is 4.74 Å². The lowest BCUT2D eigenvalue weighted by Gasteiger charge is -2.20. The molecule has 1 fully saturated rings. The van der Waals surface area contributed by atoms with E-state index in [1.807, 2.05) is 0 Å². The summed E-state index contributed by atoms with van der Waals surface area (Å²) >= 11 is 2.43. The van der Waals surface area contributed by atoms with Crippen molar-refractivity contribution in [2.75, 3.05) is 30.7 Å². The fourth-order valence-electron chi connectivity index (χ4n) is 1.40. The van der Waals surface area contributed by atoms with E-state index < -0.39 is 0 Å². The Morgan fingerprint density at radius 2 is 2.45 bits per heavy atom. The number of hydrogen-bond acceptors (Lipinski definition) is 2. The van der Waals surface area contributed by atoms with E-state index in [1.54, 1.807) is 0 Å². The first kappa shape index (κ1) is 9.74. The van der Waals surface area contributed by atoms with Gasteiger partial charge < -0.3 is 4.74 Å². The van der Waals surface area contributed by atoms with Crippen LogP contribution in [-0.2, 0) is 4.74 Å². The number of rotatable bonds is 2. The largest absolute Gasteiger partial charge is 0.377 e. The normalized spacial score (nSPS) is 28.4. The van der Waals surface area contributed by atoms with Gasteiger partial charge in [0.2, 0.25) is 0 Å². The van der Waals surface area contributed by atoms with Gasteiger partial charge in [-0.3, -0.25) is 4.90 Å². The van der Waals surface area contributed by atoms with E-state index in [1.165, 1.54) is 23.9 Å². The molecule has 1 unspecified atom stereocenters. The van der Waals surface area contributed by atoms with Crippen LogP contribution >= 0.6 is 22.6 Å². The van der Waals surface area contributed by atoms with Gasteiger partial charge in [-0.15, -0.1) is 0 Å². The first-order chi connectivity index (χ1) is 5.33. The number of alkyl halides is 1. The summed E-state index contributed by atoms with van der Waals surface area (Å²) in [6.45, 7) is 6.65. The lowest BCUT2D eigenvalue weighted by atomic mass is 10.3. The molecule has 1 aliphatic heterocycles. The molecule has 0 saturated carbocycles. The molecule has 0 bridgehead atoms. The van der Waals surface area contributed by atoms with Crippen LogP contribution in [0, 0.1) is 0 Å². The minimum Gasteiger partial charge on any atom is -0.377 e. The van der Waals surface area contributed by atoms with Gasteiger partial charge in [-0.25, -0.2) is 0 Å². The predicted molar refractivity (Wildman–Crippen MR) is 55.4 cm³/mol. The molecule has 0 aromatic rings. The molecular formula is C8H16INO. The Balaban J connectivity index is 2.27. The molecule has 0 spiro atoms. The average molecular weight is 269 g/mol. The number of halogens is 1. The zero-order chi connectivity index (χ0) is 8.10. The molecule has 1 aliphatic rings. The van der Waals surface area contributed by atoms with Gasteiger partial charge in [0, 0.05) is 30.7 Å². The fourth-order valence-corrected chi connectivity index (χ4v) is 2.09. The van der Waals surface area contributed by atoms with Crippen LogP contribution in [0.2, 0.25) is 0 Å². The highest BCUT2D eigenvalue weighted by Crippen LogP contribution is 2.05. The van der Waals surface area contributed by atoms with E-state index >= 15 is 0 Å². The zero-order valence-corrected chi connectivity index (χ0v) is 9.21. The van der Waals surface area contributed by atoms with Crippen LogP contribution in [0.5, 0.6) is 0 Å². The van der Waals surface area contributed by atoms with Crippen molar-refractivity contribution >= 4 is 22.6 Å². The van der Waals surface area contributed by atoms with Crippen LogP contribution < -0.4 is 0 Å². The van der Waals surface area contributed by atoms with Gasteiger partial charge in [0.15, 0.2) is 0 Å². The summed E-state index contributed by atoms with van der Waals surface area (Å²) in [6, 6.07) is 0. The fraction of sp³-hybridized carbons (Fsp3) is 1.00. The van der Waals surface area contributed by atoms with Gasteiger partial charge >= 0.3 is 0 Å².